The summed E-state index contributed by atoms with van der Waals surface area (Å²) >= 11 is 0. The van der Waals surface area contributed by atoms with Crippen LogP contribution in [0.4, 0.5) is 0 Å². The van der Waals surface area contributed by atoms with Crippen LogP contribution in [0.15, 0.2) is 0 Å². The first-order valence-corrected chi connectivity index (χ1v) is 7.04. The summed E-state index contributed by atoms with van der Waals surface area (Å²) in [6.07, 6.45) is 2.27. The Labute approximate surface area is 112 Å². The van der Waals surface area contributed by atoms with Crippen LogP contribution in [-0.2, 0) is 4.79 Å². The van der Waals surface area contributed by atoms with Crippen LogP contribution in [0.5, 0.6) is 0 Å². The predicted octanol–water partition coefficient (Wildman–Crippen LogP) is 1.45. The monoisotopic (exact) mass is 257 g/mol. The first-order chi connectivity index (χ1) is 8.34. The molecule has 0 aliphatic rings. The van der Waals surface area contributed by atoms with Gasteiger partial charge in [0, 0.05) is 24.5 Å². The van der Waals surface area contributed by atoms with Crippen LogP contribution >= 0.6 is 0 Å². The number of hydrogen-bond acceptors (Lipinski definition) is 3. The summed E-state index contributed by atoms with van der Waals surface area (Å²) in [6, 6.07) is 0.292. The van der Waals surface area contributed by atoms with E-state index in [1.54, 1.807) is 0 Å². The van der Waals surface area contributed by atoms with Crippen molar-refractivity contribution in [1.82, 2.24) is 10.2 Å². The summed E-state index contributed by atoms with van der Waals surface area (Å²) in [5.74, 6) is 0.545. The van der Waals surface area contributed by atoms with Gasteiger partial charge >= 0.3 is 0 Å². The molecular weight excluding hydrogens is 226 g/mol. The Morgan fingerprint density at radius 3 is 2.06 bits per heavy atom. The van der Waals surface area contributed by atoms with Crippen molar-refractivity contribution in [3.8, 4) is 0 Å². The van der Waals surface area contributed by atoms with Crippen LogP contribution in [0.2, 0.25) is 0 Å². The highest BCUT2D eigenvalue weighted by Crippen LogP contribution is 2.16. The maximum atomic E-state index is 11.9. The van der Waals surface area contributed by atoms with E-state index in [1.807, 2.05) is 13.8 Å². The minimum atomic E-state index is -0.130. The summed E-state index contributed by atoms with van der Waals surface area (Å²) in [5, 5.41) is 3.03. The van der Waals surface area contributed by atoms with Gasteiger partial charge in [-0.05, 0) is 26.9 Å². The van der Waals surface area contributed by atoms with Crippen LogP contribution in [0, 0.1) is 11.8 Å². The van der Waals surface area contributed by atoms with Gasteiger partial charge in [-0.1, -0.05) is 33.6 Å². The quantitative estimate of drug-likeness (QED) is 0.692. The molecule has 0 bridgehead atoms. The van der Waals surface area contributed by atoms with Gasteiger partial charge < -0.3 is 16.0 Å². The summed E-state index contributed by atoms with van der Waals surface area (Å²) < 4.78 is 0. The molecule has 0 spiro atoms. The molecule has 0 rings (SSSR count). The zero-order chi connectivity index (χ0) is 14.3. The molecule has 108 valence electrons. The molecule has 0 fully saturated rings. The molecular formula is C14H31N3O. The van der Waals surface area contributed by atoms with E-state index in [1.165, 1.54) is 0 Å². The third-order valence-electron chi connectivity index (χ3n) is 3.94. The molecule has 3 atom stereocenters. The topological polar surface area (TPSA) is 58.4 Å². The van der Waals surface area contributed by atoms with Gasteiger partial charge in [-0.25, -0.2) is 0 Å². The molecule has 0 saturated carbocycles. The molecule has 0 heterocycles. The van der Waals surface area contributed by atoms with Gasteiger partial charge in [-0.2, -0.15) is 0 Å². The number of nitrogens with one attached hydrogen (secondary N) is 1. The van der Waals surface area contributed by atoms with Crippen molar-refractivity contribution in [3.63, 3.8) is 0 Å². The Hall–Kier alpha value is -0.610. The predicted molar refractivity (Wildman–Crippen MR) is 77.4 cm³/mol. The molecule has 1 amide bonds. The number of carbonyl (C=O) groups is 1. The van der Waals surface area contributed by atoms with E-state index in [2.05, 4.69) is 38.2 Å². The Balaban J connectivity index is 4.40. The molecule has 4 heteroatoms. The molecule has 0 aliphatic carbocycles. The van der Waals surface area contributed by atoms with Crippen molar-refractivity contribution in [2.24, 2.45) is 17.6 Å². The Morgan fingerprint density at radius 1 is 1.22 bits per heavy atom. The second-order valence-electron chi connectivity index (χ2n) is 5.50. The number of rotatable bonds is 8. The zero-order valence-corrected chi connectivity index (χ0v) is 12.9. The van der Waals surface area contributed by atoms with Gasteiger partial charge in [-0.3, -0.25) is 4.79 Å². The summed E-state index contributed by atoms with van der Waals surface area (Å²) in [5.41, 5.74) is 5.74. The van der Waals surface area contributed by atoms with E-state index < -0.39 is 0 Å². The van der Waals surface area contributed by atoms with Crippen molar-refractivity contribution >= 4 is 5.91 Å². The van der Waals surface area contributed by atoms with Crippen molar-refractivity contribution < 1.29 is 4.79 Å². The standard InChI is InChI=1S/C14H31N3O/c1-7-12(8-2)13(17(5)6)9-16-14(18)10(3)11(4)15/h10-13H,7-9,15H2,1-6H3,(H,16,18). The van der Waals surface area contributed by atoms with Gasteiger partial charge in [0.15, 0.2) is 0 Å². The molecule has 0 aliphatic heterocycles. The Kier molecular flexibility index (Phi) is 8.20. The van der Waals surface area contributed by atoms with Crippen molar-refractivity contribution in [3.05, 3.63) is 0 Å². The molecule has 18 heavy (non-hydrogen) atoms. The number of likely N-dealkylation sites (N-methyl/N-ethyl adjacent to an activating group) is 1. The lowest BCUT2D eigenvalue weighted by Gasteiger charge is -2.32. The van der Waals surface area contributed by atoms with Crippen molar-refractivity contribution in [2.45, 2.75) is 52.6 Å². The number of hydrogen-bond donors (Lipinski definition) is 2. The second kappa shape index (κ2) is 8.48. The number of amides is 1. The molecule has 0 aromatic rings. The van der Waals surface area contributed by atoms with Crippen LogP contribution in [0.25, 0.3) is 0 Å². The van der Waals surface area contributed by atoms with E-state index in [0.717, 1.165) is 12.8 Å². The van der Waals surface area contributed by atoms with Crippen LogP contribution in [-0.4, -0.2) is 43.5 Å². The first kappa shape index (κ1) is 17.4. The van der Waals surface area contributed by atoms with Gasteiger partial charge in [0.1, 0.15) is 0 Å². The highest BCUT2D eigenvalue weighted by atomic mass is 16.1. The third-order valence-corrected chi connectivity index (χ3v) is 3.94. The molecule has 0 radical (unpaired) electrons. The highest BCUT2D eigenvalue weighted by molar-refractivity contribution is 5.78. The Bertz CT molecular complexity index is 237. The summed E-state index contributed by atoms with van der Waals surface area (Å²) in [7, 11) is 4.15. The largest absolute Gasteiger partial charge is 0.354 e. The number of nitrogens with two attached hydrogens (primary N) is 1. The van der Waals surface area contributed by atoms with Crippen LogP contribution in [0.1, 0.15) is 40.5 Å². The normalized spacial score (nSPS) is 16.7. The molecule has 0 aromatic carbocycles. The fraction of sp³-hybridized carbons (Fsp3) is 0.929. The average molecular weight is 257 g/mol. The number of nitrogens with zero attached hydrogens (tertiary/aromatic N) is 1. The van der Waals surface area contributed by atoms with E-state index >= 15 is 0 Å². The zero-order valence-electron chi connectivity index (χ0n) is 12.9. The van der Waals surface area contributed by atoms with E-state index in [-0.39, 0.29) is 17.9 Å². The third kappa shape index (κ3) is 5.36. The molecule has 3 N–H and O–H groups in total. The molecule has 0 aromatic heterocycles. The first-order valence-electron chi connectivity index (χ1n) is 7.04. The lowest BCUT2D eigenvalue weighted by molar-refractivity contribution is -0.125. The minimum Gasteiger partial charge on any atom is -0.354 e. The SMILES string of the molecule is CCC(CC)C(CNC(=O)C(C)C(C)N)N(C)C. The fourth-order valence-corrected chi connectivity index (χ4v) is 2.21. The van der Waals surface area contributed by atoms with E-state index in [4.69, 9.17) is 5.73 Å². The smallest absolute Gasteiger partial charge is 0.224 e. The number of carbonyl (C=O) groups excluding carboxylic acids is 1. The Morgan fingerprint density at radius 2 is 1.72 bits per heavy atom. The molecule has 3 unspecified atom stereocenters. The van der Waals surface area contributed by atoms with E-state index in [0.29, 0.717) is 18.5 Å². The van der Waals surface area contributed by atoms with Crippen molar-refractivity contribution in [2.75, 3.05) is 20.6 Å². The van der Waals surface area contributed by atoms with Crippen molar-refractivity contribution in [1.29, 1.82) is 0 Å². The fourth-order valence-electron chi connectivity index (χ4n) is 2.21. The van der Waals surface area contributed by atoms with Gasteiger partial charge in [0.25, 0.3) is 0 Å². The maximum absolute atomic E-state index is 11.9. The summed E-state index contributed by atoms with van der Waals surface area (Å²) in [4.78, 5) is 14.1. The highest BCUT2D eigenvalue weighted by Gasteiger charge is 2.23. The molecule has 4 nitrogen and oxygen atoms in total. The van der Waals surface area contributed by atoms with Crippen LogP contribution < -0.4 is 11.1 Å². The van der Waals surface area contributed by atoms with Gasteiger partial charge in [-0.15, -0.1) is 0 Å². The second-order valence-corrected chi connectivity index (χ2v) is 5.50. The van der Waals surface area contributed by atoms with Gasteiger partial charge in [0.2, 0.25) is 5.91 Å². The van der Waals surface area contributed by atoms with Crippen LogP contribution in [0.3, 0.4) is 0 Å². The summed E-state index contributed by atoms with van der Waals surface area (Å²) in [6.45, 7) is 8.86. The average Bonchev–Trinajstić information content (AvgIpc) is 2.32. The maximum Gasteiger partial charge on any atom is 0.224 e. The lowest BCUT2D eigenvalue weighted by atomic mass is 9.93. The minimum absolute atomic E-state index is 0.0582. The van der Waals surface area contributed by atoms with E-state index in [9.17, 15) is 4.79 Å². The van der Waals surface area contributed by atoms with Gasteiger partial charge in [0.05, 0.1) is 0 Å². The lowest BCUT2D eigenvalue weighted by Crippen LogP contribution is -2.47. The molecule has 0 saturated heterocycles.